The fraction of sp³-hybridized carbons (Fsp3) is 0.111. The average molecular weight is 427 g/mol. The van der Waals surface area contributed by atoms with Gasteiger partial charge in [-0.25, -0.2) is 4.68 Å². The summed E-state index contributed by atoms with van der Waals surface area (Å²) in [5.74, 6) is 0.700. The normalized spacial score (nSPS) is 13.2. The van der Waals surface area contributed by atoms with Crippen LogP contribution in [0.4, 0.5) is 11.4 Å². The first-order chi connectivity index (χ1) is 14.5. The Hall–Kier alpha value is -4.06. The van der Waals surface area contributed by atoms with E-state index in [1.54, 1.807) is 24.6 Å². The minimum atomic E-state index is -0.524. The summed E-state index contributed by atoms with van der Waals surface area (Å²) in [6.07, 6.45) is 1.34. The van der Waals surface area contributed by atoms with Crippen molar-refractivity contribution in [2.75, 3.05) is 13.8 Å². The molecule has 0 spiro atoms. The zero-order valence-corrected chi connectivity index (χ0v) is 16.2. The molecule has 0 bridgehead atoms. The van der Waals surface area contributed by atoms with Gasteiger partial charge in [0.2, 0.25) is 11.6 Å². The molecule has 0 amide bonds. The zero-order chi connectivity index (χ0) is 21.3. The molecule has 2 aromatic carbocycles. The number of hydrogen-bond acceptors (Lipinski definition) is 9. The fourth-order valence-electron chi connectivity index (χ4n) is 2.84. The number of nitrogens with zero attached hydrogens (tertiary/aromatic N) is 5. The van der Waals surface area contributed by atoms with Crippen LogP contribution in [0.1, 0.15) is 5.56 Å². The van der Waals surface area contributed by atoms with E-state index in [4.69, 9.17) is 9.47 Å². The molecule has 0 radical (unpaired) electrons. The first-order valence-electron chi connectivity index (χ1n) is 8.48. The maximum atomic E-state index is 11.5. The van der Waals surface area contributed by atoms with Crippen LogP contribution in [0, 0.1) is 20.2 Å². The SMILES string of the molecule is CN=c1scc(-c2ccc([N+](=O)[O-])cc2)n1N=Cc1cc2c(cc1[N+](=O)[O-])OCO2. The average Bonchev–Trinajstić information content (AvgIpc) is 3.37. The van der Waals surface area contributed by atoms with Gasteiger partial charge in [-0.05, 0) is 18.2 Å². The molecule has 0 unspecified atom stereocenters. The molecule has 2 heterocycles. The highest BCUT2D eigenvalue weighted by Gasteiger charge is 2.22. The molecule has 0 N–H and O–H groups in total. The summed E-state index contributed by atoms with van der Waals surface area (Å²) in [5, 5.41) is 28.5. The second-order valence-corrected chi connectivity index (χ2v) is 6.85. The molecule has 152 valence electrons. The first-order valence-corrected chi connectivity index (χ1v) is 9.36. The smallest absolute Gasteiger partial charge is 0.282 e. The van der Waals surface area contributed by atoms with E-state index in [0.29, 0.717) is 27.6 Å². The van der Waals surface area contributed by atoms with E-state index in [0.717, 1.165) is 0 Å². The van der Waals surface area contributed by atoms with Crippen molar-refractivity contribution >= 4 is 28.9 Å². The summed E-state index contributed by atoms with van der Waals surface area (Å²) >= 11 is 1.32. The Labute approximate surface area is 172 Å². The van der Waals surface area contributed by atoms with Gasteiger partial charge in [-0.15, -0.1) is 11.3 Å². The predicted octanol–water partition coefficient (Wildman–Crippen LogP) is 3.17. The summed E-state index contributed by atoms with van der Waals surface area (Å²) in [5.41, 5.74) is 1.35. The van der Waals surface area contributed by atoms with E-state index in [-0.39, 0.29) is 23.7 Å². The van der Waals surface area contributed by atoms with Gasteiger partial charge in [0.15, 0.2) is 11.5 Å². The largest absolute Gasteiger partial charge is 0.454 e. The number of thiazole rings is 1. The number of aromatic nitrogens is 1. The quantitative estimate of drug-likeness (QED) is 0.349. The summed E-state index contributed by atoms with van der Waals surface area (Å²) < 4.78 is 12.0. The molecule has 1 aromatic heterocycles. The van der Waals surface area contributed by atoms with Gasteiger partial charge in [0.25, 0.3) is 11.4 Å². The summed E-state index contributed by atoms with van der Waals surface area (Å²) in [7, 11) is 1.60. The van der Waals surface area contributed by atoms with Crippen molar-refractivity contribution in [3.63, 3.8) is 0 Å². The number of nitro groups is 2. The van der Waals surface area contributed by atoms with E-state index in [9.17, 15) is 20.2 Å². The van der Waals surface area contributed by atoms with E-state index in [1.165, 1.54) is 46.5 Å². The van der Waals surface area contributed by atoms with Gasteiger partial charge in [-0.2, -0.15) is 5.10 Å². The maximum Gasteiger partial charge on any atom is 0.282 e. The van der Waals surface area contributed by atoms with Crippen LogP contribution < -0.4 is 14.3 Å². The molecule has 12 heteroatoms. The van der Waals surface area contributed by atoms with E-state index < -0.39 is 9.85 Å². The summed E-state index contributed by atoms with van der Waals surface area (Å²) in [4.78, 5) is 26.0. The Balaban J connectivity index is 1.77. The van der Waals surface area contributed by atoms with Crippen LogP contribution in [0.5, 0.6) is 11.5 Å². The van der Waals surface area contributed by atoms with E-state index >= 15 is 0 Å². The molecule has 0 saturated carbocycles. The molecule has 30 heavy (non-hydrogen) atoms. The minimum absolute atomic E-state index is 0.00445. The molecular formula is C18H13N5O6S. The summed E-state index contributed by atoms with van der Waals surface area (Å²) in [6.45, 7) is -0.00445. The van der Waals surface area contributed by atoms with Gasteiger partial charge in [0.1, 0.15) is 0 Å². The molecule has 1 aliphatic heterocycles. The van der Waals surface area contributed by atoms with Crippen LogP contribution in [0.2, 0.25) is 0 Å². The van der Waals surface area contributed by atoms with Crippen LogP contribution in [-0.4, -0.2) is 34.6 Å². The maximum absolute atomic E-state index is 11.5. The Morgan fingerprint density at radius 2 is 1.80 bits per heavy atom. The van der Waals surface area contributed by atoms with Crippen molar-refractivity contribution in [1.82, 2.24) is 4.68 Å². The first kappa shape index (κ1) is 19.3. The molecule has 4 rings (SSSR count). The van der Waals surface area contributed by atoms with Gasteiger partial charge in [-0.1, -0.05) is 0 Å². The third-order valence-corrected chi connectivity index (χ3v) is 5.19. The molecule has 0 aliphatic carbocycles. The Morgan fingerprint density at radius 3 is 2.43 bits per heavy atom. The number of hydrogen-bond donors (Lipinski definition) is 0. The third-order valence-electron chi connectivity index (χ3n) is 4.28. The van der Waals surface area contributed by atoms with Crippen molar-refractivity contribution in [2.45, 2.75) is 0 Å². The van der Waals surface area contributed by atoms with Crippen molar-refractivity contribution in [3.05, 3.63) is 72.4 Å². The van der Waals surface area contributed by atoms with Crippen molar-refractivity contribution in [1.29, 1.82) is 0 Å². The molecule has 1 aliphatic rings. The van der Waals surface area contributed by atoms with Gasteiger partial charge in [0, 0.05) is 30.1 Å². The molecule has 11 nitrogen and oxygen atoms in total. The zero-order valence-electron chi connectivity index (χ0n) is 15.4. The predicted molar refractivity (Wildman–Crippen MR) is 108 cm³/mol. The van der Waals surface area contributed by atoms with Crippen molar-refractivity contribution in [2.24, 2.45) is 10.1 Å². The lowest BCUT2D eigenvalue weighted by Gasteiger charge is -2.04. The number of rotatable bonds is 5. The van der Waals surface area contributed by atoms with Crippen LogP contribution in [0.15, 0.2) is 51.9 Å². The number of non-ortho nitro benzene ring substituents is 1. The van der Waals surface area contributed by atoms with Gasteiger partial charge >= 0.3 is 0 Å². The number of benzene rings is 2. The molecule has 0 atom stereocenters. The second kappa shape index (κ2) is 7.75. The third kappa shape index (κ3) is 3.51. The standard InChI is InChI=1S/C18H13N5O6S/c1-19-18-21(15(9-30-18)11-2-4-13(5-3-11)22(24)25)20-8-12-6-16-17(29-10-28-16)7-14(12)23(26)27/h2-9H,10H2,1H3. The molecule has 0 fully saturated rings. The monoisotopic (exact) mass is 427 g/mol. The van der Waals surface area contributed by atoms with Gasteiger partial charge in [-0.3, -0.25) is 25.2 Å². The number of fused-ring (bicyclic) bond motifs is 1. The van der Waals surface area contributed by atoms with Crippen LogP contribution in [0.25, 0.3) is 11.3 Å². The lowest BCUT2D eigenvalue weighted by molar-refractivity contribution is -0.385. The summed E-state index contributed by atoms with van der Waals surface area (Å²) in [6, 6.07) is 8.79. The topological polar surface area (TPSA) is 134 Å². The number of nitro benzene ring substituents is 2. The van der Waals surface area contributed by atoms with E-state index in [2.05, 4.69) is 10.1 Å². The highest BCUT2D eigenvalue weighted by atomic mass is 32.1. The highest BCUT2D eigenvalue weighted by molar-refractivity contribution is 7.07. The Bertz CT molecular complexity index is 1240. The molecular weight excluding hydrogens is 414 g/mol. The van der Waals surface area contributed by atoms with Gasteiger partial charge in [0.05, 0.1) is 33.4 Å². The van der Waals surface area contributed by atoms with Crippen LogP contribution >= 0.6 is 11.3 Å². The van der Waals surface area contributed by atoms with E-state index in [1.807, 2.05) is 0 Å². The number of ether oxygens (including phenoxy) is 2. The van der Waals surface area contributed by atoms with Gasteiger partial charge < -0.3 is 9.47 Å². The Kier molecular flexibility index (Phi) is 4.98. The minimum Gasteiger partial charge on any atom is -0.454 e. The lowest BCUT2D eigenvalue weighted by Crippen LogP contribution is -2.11. The van der Waals surface area contributed by atoms with Crippen molar-refractivity contribution in [3.8, 4) is 22.8 Å². The molecule has 0 saturated heterocycles. The fourth-order valence-corrected chi connectivity index (χ4v) is 3.65. The molecule has 3 aromatic rings. The lowest BCUT2D eigenvalue weighted by atomic mass is 10.1. The van der Waals surface area contributed by atoms with Crippen molar-refractivity contribution < 1.29 is 19.3 Å². The van der Waals surface area contributed by atoms with Crippen LogP contribution in [0.3, 0.4) is 0 Å². The second-order valence-electron chi connectivity index (χ2n) is 6.01. The Morgan fingerprint density at radius 1 is 1.10 bits per heavy atom. The highest BCUT2D eigenvalue weighted by Crippen LogP contribution is 2.37. The van der Waals surface area contributed by atoms with Crippen LogP contribution in [-0.2, 0) is 0 Å².